The highest BCUT2D eigenvalue weighted by Crippen LogP contribution is 2.46. The number of nitrogens with zero attached hydrogens (tertiary/aromatic N) is 2. The normalized spacial score (nSPS) is 20.0. The summed E-state index contributed by atoms with van der Waals surface area (Å²) in [5.41, 5.74) is 0.982. The van der Waals surface area contributed by atoms with Gasteiger partial charge in [-0.1, -0.05) is 36.7 Å². The molecule has 1 heterocycles. The predicted molar refractivity (Wildman–Crippen MR) is 104 cm³/mol. The van der Waals surface area contributed by atoms with E-state index in [1.54, 1.807) is 23.7 Å². The molecule has 1 aliphatic heterocycles. The molecule has 7 heteroatoms. The molecular formula is C18H26ClN3O2S. The Morgan fingerprint density at radius 3 is 2.72 bits per heavy atom. The second-order valence-electron chi connectivity index (χ2n) is 6.05. The molecule has 0 saturated carbocycles. The highest BCUT2D eigenvalue weighted by atomic mass is 35.5. The minimum atomic E-state index is -0.0845. The summed E-state index contributed by atoms with van der Waals surface area (Å²) in [6, 6.07) is 7.61. The molecule has 1 aromatic rings. The monoisotopic (exact) mass is 383 g/mol. The summed E-state index contributed by atoms with van der Waals surface area (Å²) >= 11 is 8.02. The summed E-state index contributed by atoms with van der Waals surface area (Å²) < 4.78 is 0. The maximum atomic E-state index is 12.7. The summed E-state index contributed by atoms with van der Waals surface area (Å²) in [6.45, 7) is 5.75. The fraction of sp³-hybridized carbons (Fsp3) is 0.556. The fourth-order valence-electron chi connectivity index (χ4n) is 2.87. The Labute approximate surface area is 159 Å². The van der Waals surface area contributed by atoms with Crippen LogP contribution < -0.4 is 5.32 Å². The largest absolute Gasteiger partial charge is 0.338 e. The van der Waals surface area contributed by atoms with E-state index in [9.17, 15) is 9.59 Å². The minimum Gasteiger partial charge on any atom is -0.338 e. The highest BCUT2D eigenvalue weighted by molar-refractivity contribution is 8.01. The summed E-state index contributed by atoms with van der Waals surface area (Å²) in [7, 11) is 1.77. The number of nitrogens with one attached hydrogen (secondary N) is 1. The Morgan fingerprint density at radius 1 is 1.36 bits per heavy atom. The van der Waals surface area contributed by atoms with Gasteiger partial charge < -0.3 is 15.1 Å². The van der Waals surface area contributed by atoms with Crippen LogP contribution in [-0.2, 0) is 4.79 Å². The zero-order chi connectivity index (χ0) is 18.4. The molecule has 2 rings (SSSR count). The van der Waals surface area contributed by atoms with Gasteiger partial charge in [-0.25, -0.2) is 4.79 Å². The third-order valence-corrected chi connectivity index (χ3v) is 6.22. The van der Waals surface area contributed by atoms with Crippen LogP contribution in [0.1, 0.15) is 37.6 Å². The van der Waals surface area contributed by atoms with Crippen LogP contribution in [0.3, 0.4) is 0 Å². The van der Waals surface area contributed by atoms with E-state index in [4.69, 9.17) is 11.6 Å². The van der Waals surface area contributed by atoms with Gasteiger partial charge in [0.2, 0.25) is 5.91 Å². The van der Waals surface area contributed by atoms with Crippen LogP contribution in [0.2, 0.25) is 5.02 Å². The Morgan fingerprint density at radius 2 is 2.08 bits per heavy atom. The molecule has 1 N–H and O–H groups in total. The first-order valence-electron chi connectivity index (χ1n) is 8.68. The first-order valence-corrected chi connectivity index (χ1v) is 10.0. The van der Waals surface area contributed by atoms with Crippen molar-refractivity contribution in [3.05, 3.63) is 34.9 Å². The highest BCUT2D eigenvalue weighted by Gasteiger charge is 2.40. The van der Waals surface area contributed by atoms with Gasteiger partial charge >= 0.3 is 6.03 Å². The Balaban J connectivity index is 2.04. The number of amides is 3. The van der Waals surface area contributed by atoms with Crippen LogP contribution in [0.15, 0.2) is 24.3 Å². The van der Waals surface area contributed by atoms with E-state index in [2.05, 4.69) is 5.32 Å². The number of urea groups is 1. The lowest BCUT2D eigenvalue weighted by atomic mass is 10.2. The molecule has 0 unspecified atom stereocenters. The Bertz CT molecular complexity index is 614. The molecule has 0 spiro atoms. The van der Waals surface area contributed by atoms with Crippen molar-refractivity contribution in [1.29, 1.82) is 0 Å². The van der Waals surface area contributed by atoms with Crippen molar-refractivity contribution in [2.75, 3.05) is 26.7 Å². The first kappa shape index (κ1) is 19.9. The van der Waals surface area contributed by atoms with Crippen molar-refractivity contribution < 1.29 is 9.59 Å². The van der Waals surface area contributed by atoms with Gasteiger partial charge in [-0.15, -0.1) is 11.8 Å². The number of hydrogen-bond donors (Lipinski definition) is 1. The van der Waals surface area contributed by atoms with E-state index in [0.29, 0.717) is 24.7 Å². The molecule has 1 fully saturated rings. The van der Waals surface area contributed by atoms with Crippen LogP contribution in [0.25, 0.3) is 0 Å². The van der Waals surface area contributed by atoms with Crippen molar-refractivity contribution in [3.63, 3.8) is 0 Å². The van der Waals surface area contributed by atoms with E-state index in [-0.39, 0.29) is 22.6 Å². The van der Waals surface area contributed by atoms with Crippen LogP contribution in [0.5, 0.6) is 0 Å². The van der Waals surface area contributed by atoms with Crippen LogP contribution >= 0.6 is 23.4 Å². The Kier molecular flexibility index (Phi) is 7.44. The van der Waals surface area contributed by atoms with Gasteiger partial charge in [-0.2, -0.15) is 0 Å². The first-order chi connectivity index (χ1) is 12.0. The van der Waals surface area contributed by atoms with E-state index in [1.165, 1.54) is 0 Å². The number of hydrogen-bond acceptors (Lipinski definition) is 3. The summed E-state index contributed by atoms with van der Waals surface area (Å²) in [6.07, 6.45) is 1.54. The van der Waals surface area contributed by atoms with Gasteiger partial charge in [-0.3, -0.25) is 4.79 Å². The number of benzene rings is 1. The maximum Gasteiger partial charge on any atom is 0.317 e. The molecule has 138 valence electrons. The molecule has 0 aromatic heterocycles. The van der Waals surface area contributed by atoms with Crippen molar-refractivity contribution in [2.45, 2.75) is 37.3 Å². The van der Waals surface area contributed by atoms with Crippen molar-refractivity contribution >= 4 is 35.3 Å². The van der Waals surface area contributed by atoms with Gasteiger partial charge in [0.1, 0.15) is 5.37 Å². The third kappa shape index (κ3) is 4.82. The van der Waals surface area contributed by atoms with Crippen LogP contribution in [-0.4, -0.2) is 53.7 Å². The number of halogens is 1. The number of rotatable bonds is 7. The van der Waals surface area contributed by atoms with Gasteiger partial charge in [0.15, 0.2) is 0 Å². The number of carbonyl (C=O) groups is 2. The van der Waals surface area contributed by atoms with Crippen molar-refractivity contribution in [2.24, 2.45) is 0 Å². The van der Waals surface area contributed by atoms with E-state index >= 15 is 0 Å². The van der Waals surface area contributed by atoms with Crippen molar-refractivity contribution in [3.8, 4) is 0 Å². The number of carbonyl (C=O) groups excluding carboxylic acids is 2. The van der Waals surface area contributed by atoms with E-state index in [0.717, 1.165) is 18.4 Å². The van der Waals surface area contributed by atoms with Crippen LogP contribution in [0, 0.1) is 0 Å². The molecular weight excluding hydrogens is 358 g/mol. The van der Waals surface area contributed by atoms with Crippen LogP contribution in [0.4, 0.5) is 4.79 Å². The standard InChI is InChI=1S/C18H26ClN3O2S/c1-4-15-16(23)22(12-8-11-21(3)18(24)20-5-2)17(25-15)13-9-6-7-10-14(13)19/h6-7,9-10,15,17H,4-5,8,11-12H2,1-3H3,(H,20,24)/t15-,17+/m1/s1. The van der Waals surface area contributed by atoms with E-state index < -0.39 is 0 Å². The lowest BCUT2D eigenvalue weighted by molar-refractivity contribution is -0.130. The van der Waals surface area contributed by atoms with Gasteiger partial charge in [-0.05, 0) is 25.8 Å². The lowest BCUT2D eigenvalue weighted by Crippen LogP contribution is -2.39. The van der Waals surface area contributed by atoms with Gasteiger partial charge in [0.05, 0.1) is 5.25 Å². The molecule has 25 heavy (non-hydrogen) atoms. The third-order valence-electron chi connectivity index (χ3n) is 4.24. The molecule has 1 aliphatic rings. The average molecular weight is 384 g/mol. The zero-order valence-corrected chi connectivity index (χ0v) is 16.6. The predicted octanol–water partition coefficient (Wildman–Crippen LogP) is 3.74. The average Bonchev–Trinajstić information content (AvgIpc) is 2.91. The fourth-order valence-corrected chi connectivity index (χ4v) is 4.64. The minimum absolute atomic E-state index is 0.0256. The second kappa shape index (κ2) is 9.34. The number of thioether (sulfide) groups is 1. The Hall–Kier alpha value is -1.40. The van der Waals surface area contributed by atoms with Gasteiger partial charge in [0, 0.05) is 37.3 Å². The maximum absolute atomic E-state index is 12.7. The molecule has 1 aromatic carbocycles. The summed E-state index contributed by atoms with van der Waals surface area (Å²) in [4.78, 5) is 28.0. The molecule has 1 saturated heterocycles. The van der Waals surface area contributed by atoms with Crippen molar-refractivity contribution in [1.82, 2.24) is 15.1 Å². The molecule has 0 bridgehead atoms. The smallest absolute Gasteiger partial charge is 0.317 e. The molecule has 0 aliphatic carbocycles. The molecule has 0 radical (unpaired) electrons. The quantitative estimate of drug-likeness (QED) is 0.780. The molecule has 3 amide bonds. The second-order valence-corrected chi connectivity index (χ2v) is 7.74. The topological polar surface area (TPSA) is 52.7 Å². The molecule has 2 atom stereocenters. The zero-order valence-electron chi connectivity index (χ0n) is 15.0. The van der Waals surface area contributed by atoms with Gasteiger partial charge in [0.25, 0.3) is 0 Å². The van der Waals surface area contributed by atoms with E-state index in [1.807, 2.05) is 43.0 Å². The molecule has 5 nitrogen and oxygen atoms in total. The summed E-state index contributed by atoms with van der Waals surface area (Å²) in [5.74, 6) is 0.165. The SMILES string of the molecule is CCNC(=O)N(C)CCCN1C(=O)[C@@H](CC)S[C@H]1c1ccccc1Cl. The lowest BCUT2D eigenvalue weighted by Gasteiger charge is -2.26. The summed E-state index contributed by atoms with van der Waals surface area (Å²) in [5, 5.41) is 3.38.